The Morgan fingerprint density at radius 3 is 1.48 bits per heavy atom. The van der Waals surface area contributed by atoms with Crippen molar-refractivity contribution >= 4 is 26.0 Å². The van der Waals surface area contributed by atoms with Gasteiger partial charge in [0.25, 0.3) is 0 Å². The highest BCUT2D eigenvalue weighted by molar-refractivity contribution is 6.91. The molecule has 0 radical (unpaired) electrons. The molecule has 33 heavy (non-hydrogen) atoms. The first kappa shape index (κ1) is 23.7. The highest BCUT2D eigenvalue weighted by Crippen LogP contribution is 2.43. The lowest BCUT2D eigenvalue weighted by atomic mass is 9.73. The lowest BCUT2D eigenvalue weighted by Crippen LogP contribution is -2.43. The molecule has 1 aliphatic heterocycles. The Morgan fingerprint density at radius 2 is 1.06 bits per heavy atom. The van der Waals surface area contributed by atoms with Gasteiger partial charge >= 0.3 is 7.12 Å². The second kappa shape index (κ2) is 9.09. The van der Waals surface area contributed by atoms with Crippen LogP contribution in [0.25, 0.3) is 5.57 Å². The summed E-state index contributed by atoms with van der Waals surface area (Å²) in [6.07, 6.45) is 0. The molecule has 0 amide bonds. The van der Waals surface area contributed by atoms with Crippen LogP contribution in [0.1, 0.15) is 38.8 Å². The van der Waals surface area contributed by atoms with Gasteiger partial charge in [0.15, 0.2) is 0 Å². The first-order valence-electron chi connectivity index (χ1n) is 11.9. The minimum atomic E-state index is -1.85. The third-order valence-electron chi connectivity index (χ3n) is 7.17. The molecule has 0 unspecified atom stereocenters. The summed E-state index contributed by atoms with van der Waals surface area (Å²) >= 11 is 0. The van der Waals surface area contributed by atoms with Gasteiger partial charge in [-0.25, -0.2) is 0 Å². The maximum atomic E-state index is 6.67. The quantitative estimate of drug-likeness (QED) is 0.384. The van der Waals surface area contributed by atoms with Crippen molar-refractivity contribution in [2.45, 2.75) is 58.0 Å². The molecule has 4 rings (SSSR count). The second-order valence-corrected chi connectivity index (χ2v) is 15.3. The van der Waals surface area contributed by atoms with Gasteiger partial charge in [0.1, 0.15) is 0 Å². The van der Waals surface area contributed by atoms with E-state index in [0.717, 1.165) is 6.04 Å². The van der Waals surface area contributed by atoms with Gasteiger partial charge in [0.05, 0.1) is 19.3 Å². The van der Waals surface area contributed by atoms with E-state index in [1.165, 1.54) is 27.4 Å². The van der Waals surface area contributed by atoms with Crippen LogP contribution in [0.3, 0.4) is 0 Å². The number of hydrogen-bond donors (Lipinski definition) is 0. The summed E-state index contributed by atoms with van der Waals surface area (Å²) in [5, 5.41) is 1.44. The second-order valence-electron chi connectivity index (χ2n) is 10.6. The Bertz CT molecular complexity index is 1050. The molecule has 0 atom stereocenters. The van der Waals surface area contributed by atoms with Crippen molar-refractivity contribution in [3.05, 3.63) is 108 Å². The fourth-order valence-corrected chi connectivity index (χ4v) is 7.08. The van der Waals surface area contributed by atoms with Gasteiger partial charge in [-0.2, -0.15) is 0 Å². The summed E-state index contributed by atoms with van der Waals surface area (Å²) < 4.78 is 13.3. The molecule has 1 fully saturated rings. The van der Waals surface area contributed by atoms with Crippen LogP contribution in [0, 0.1) is 0 Å². The molecule has 0 saturated carbocycles. The van der Waals surface area contributed by atoms with Gasteiger partial charge < -0.3 is 9.31 Å². The maximum Gasteiger partial charge on any atom is 0.490 e. The summed E-state index contributed by atoms with van der Waals surface area (Å²) in [4.78, 5) is 0. The van der Waals surface area contributed by atoms with E-state index in [1.807, 2.05) is 0 Å². The molecule has 3 aromatic rings. The minimum Gasteiger partial charge on any atom is -0.400 e. The van der Waals surface area contributed by atoms with Crippen molar-refractivity contribution < 1.29 is 9.31 Å². The van der Waals surface area contributed by atoms with Crippen molar-refractivity contribution in [1.29, 1.82) is 0 Å². The SMILES string of the molecule is CC1(C)OB(C(C[Si](C)(C)c2ccccc2)=C(c2ccccc2)c2ccccc2)OC1(C)C. The Hall–Kier alpha value is -2.40. The van der Waals surface area contributed by atoms with Crippen molar-refractivity contribution in [2.75, 3.05) is 0 Å². The van der Waals surface area contributed by atoms with Gasteiger partial charge in [-0.15, -0.1) is 0 Å². The molecule has 170 valence electrons. The van der Waals surface area contributed by atoms with E-state index in [4.69, 9.17) is 9.31 Å². The zero-order chi connectivity index (χ0) is 23.7. The fourth-order valence-electron chi connectivity index (χ4n) is 4.49. The molecule has 2 nitrogen and oxygen atoms in total. The molecule has 0 bridgehead atoms. The number of rotatable bonds is 6. The molecule has 0 spiro atoms. The topological polar surface area (TPSA) is 18.5 Å². The van der Waals surface area contributed by atoms with Crippen molar-refractivity contribution in [2.24, 2.45) is 0 Å². The van der Waals surface area contributed by atoms with E-state index in [-0.39, 0.29) is 18.3 Å². The van der Waals surface area contributed by atoms with Gasteiger partial charge in [-0.05, 0) is 55.9 Å². The Kier molecular flexibility index (Phi) is 6.55. The molecular weight excluding hydrogens is 419 g/mol. The predicted molar refractivity (Wildman–Crippen MR) is 143 cm³/mol. The van der Waals surface area contributed by atoms with Gasteiger partial charge in [0.2, 0.25) is 0 Å². The van der Waals surface area contributed by atoms with Gasteiger partial charge in [-0.3, -0.25) is 0 Å². The molecular formula is C29H35BO2Si. The molecule has 0 aromatic heterocycles. The summed E-state index contributed by atoms with van der Waals surface area (Å²) in [7, 11) is -2.24. The van der Waals surface area contributed by atoms with Crippen LogP contribution in [0.15, 0.2) is 96.5 Å². The number of hydrogen-bond acceptors (Lipinski definition) is 2. The zero-order valence-electron chi connectivity index (χ0n) is 20.8. The highest BCUT2D eigenvalue weighted by atomic mass is 28.3. The van der Waals surface area contributed by atoms with Crippen LogP contribution in [-0.2, 0) is 9.31 Å². The smallest absolute Gasteiger partial charge is 0.400 e. The number of allylic oxidation sites excluding steroid dienone is 1. The Balaban J connectivity index is 1.93. The third-order valence-corrected chi connectivity index (χ3v) is 10.3. The molecule has 1 aliphatic rings. The van der Waals surface area contributed by atoms with E-state index in [0.29, 0.717) is 0 Å². The maximum absolute atomic E-state index is 6.67. The van der Waals surface area contributed by atoms with Crippen molar-refractivity contribution in [1.82, 2.24) is 0 Å². The monoisotopic (exact) mass is 454 g/mol. The number of benzene rings is 3. The van der Waals surface area contributed by atoms with Crippen molar-refractivity contribution in [3.63, 3.8) is 0 Å². The Morgan fingerprint density at radius 1 is 0.667 bits per heavy atom. The lowest BCUT2D eigenvalue weighted by Gasteiger charge is -2.32. The standard InChI is InChI=1S/C29H35BO2Si/c1-28(2)29(3,4)32-30(31-28)26(22-33(5,6)25-20-14-9-15-21-25)27(23-16-10-7-11-17-23)24-18-12-8-13-19-24/h7-21H,22H2,1-6H3. The summed E-state index contributed by atoms with van der Waals surface area (Å²) in [6.45, 7) is 13.4. The zero-order valence-corrected chi connectivity index (χ0v) is 21.8. The molecule has 3 aromatic carbocycles. The normalized spacial score (nSPS) is 17.1. The summed E-state index contributed by atoms with van der Waals surface area (Å²) in [5.41, 5.74) is 4.09. The molecule has 1 saturated heterocycles. The summed E-state index contributed by atoms with van der Waals surface area (Å²) in [6, 6.07) is 33.3. The van der Waals surface area contributed by atoms with E-state index < -0.39 is 8.07 Å². The van der Waals surface area contributed by atoms with Crippen LogP contribution < -0.4 is 5.19 Å². The van der Waals surface area contributed by atoms with Gasteiger partial charge in [-0.1, -0.05) is 109 Å². The van der Waals surface area contributed by atoms with Crippen LogP contribution in [-0.4, -0.2) is 26.4 Å². The average Bonchev–Trinajstić information content (AvgIpc) is 3.02. The van der Waals surface area contributed by atoms with Crippen LogP contribution >= 0.6 is 0 Å². The van der Waals surface area contributed by atoms with E-state index in [9.17, 15) is 0 Å². The van der Waals surface area contributed by atoms with Gasteiger partial charge in [0, 0.05) is 0 Å². The first-order chi connectivity index (χ1) is 15.6. The highest BCUT2D eigenvalue weighted by Gasteiger charge is 2.53. The van der Waals surface area contributed by atoms with E-state index >= 15 is 0 Å². The molecule has 0 aliphatic carbocycles. The molecule has 1 heterocycles. The van der Waals surface area contributed by atoms with E-state index in [1.54, 1.807) is 0 Å². The predicted octanol–water partition coefficient (Wildman–Crippen LogP) is 6.74. The van der Waals surface area contributed by atoms with Crippen LogP contribution in [0.2, 0.25) is 19.1 Å². The Labute approximate surface area is 200 Å². The lowest BCUT2D eigenvalue weighted by molar-refractivity contribution is 0.00578. The molecule has 0 N–H and O–H groups in total. The average molecular weight is 454 g/mol. The third kappa shape index (κ3) is 4.93. The minimum absolute atomic E-state index is 0.388. The van der Waals surface area contributed by atoms with Crippen molar-refractivity contribution in [3.8, 4) is 0 Å². The molecule has 4 heteroatoms. The van der Waals surface area contributed by atoms with E-state index in [2.05, 4.69) is 132 Å². The fraction of sp³-hybridized carbons (Fsp3) is 0.310. The van der Waals surface area contributed by atoms with Crippen LogP contribution in [0.5, 0.6) is 0 Å². The first-order valence-corrected chi connectivity index (χ1v) is 15.1. The summed E-state index contributed by atoms with van der Waals surface area (Å²) in [5.74, 6) is 0. The van der Waals surface area contributed by atoms with Crippen LogP contribution in [0.4, 0.5) is 0 Å². The largest absolute Gasteiger partial charge is 0.490 e.